The van der Waals surface area contributed by atoms with Crippen LogP contribution in [0.15, 0.2) is 0 Å². The van der Waals surface area contributed by atoms with Gasteiger partial charge < -0.3 is 14.8 Å². The molecule has 0 radical (unpaired) electrons. The molecule has 1 N–H and O–H groups in total. The number of hydrogen-bond donors (Lipinski definition) is 1. The maximum Gasteiger partial charge on any atom is 0.508 e. The third-order valence-corrected chi connectivity index (χ3v) is 1.41. The second kappa shape index (κ2) is 7.62. The largest absolute Gasteiger partial charge is 0.508 e. The van der Waals surface area contributed by atoms with E-state index in [4.69, 9.17) is 9.47 Å². The van der Waals surface area contributed by atoms with E-state index in [2.05, 4.69) is 5.32 Å². The number of rotatable bonds is 6. The molecule has 0 amide bonds. The molecule has 0 aromatic heterocycles. The van der Waals surface area contributed by atoms with Crippen LogP contribution >= 0.6 is 0 Å². The summed E-state index contributed by atoms with van der Waals surface area (Å²) in [6.07, 6.45) is -0.579. The van der Waals surface area contributed by atoms with Gasteiger partial charge in [-0.3, -0.25) is 0 Å². The Morgan fingerprint density at radius 2 is 1.86 bits per heavy atom. The average Bonchev–Trinajstić information content (AvgIpc) is 2.08. The highest BCUT2D eigenvalue weighted by Crippen LogP contribution is 1.94. The van der Waals surface area contributed by atoms with Crippen molar-refractivity contribution in [2.24, 2.45) is 5.92 Å². The van der Waals surface area contributed by atoms with Gasteiger partial charge in [0.05, 0.1) is 6.61 Å². The van der Waals surface area contributed by atoms with Crippen molar-refractivity contribution in [3.05, 3.63) is 0 Å². The predicted molar refractivity (Wildman–Crippen MR) is 55.3 cm³/mol. The first-order chi connectivity index (χ1) is 6.52. The number of nitrogens with one attached hydrogen (secondary N) is 1. The third kappa shape index (κ3) is 9.32. The smallest absolute Gasteiger partial charge is 0.434 e. The molecular formula is C10H21NO3. The maximum absolute atomic E-state index is 10.9. The summed E-state index contributed by atoms with van der Waals surface area (Å²) in [6, 6.07) is 0.408. The minimum atomic E-state index is -0.579. The van der Waals surface area contributed by atoms with Crippen molar-refractivity contribution in [3.8, 4) is 0 Å². The summed E-state index contributed by atoms with van der Waals surface area (Å²) in [6.45, 7) is 9.47. The standard InChI is InChI=1S/C10H21NO3/c1-8(2)7-14-10(12)13-6-5-11-9(3)4/h8-9,11H,5-7H2,1-4H3. The van der Waals surface area contributed by atoms with Gasteiger partial charge in [0.15, 0.2) is 0 Å². The first-order valence-corrected chi connectivity index (χ1v) is 5.05. The Bertz CT molecular complexity index is 157. The Hall–Kier alpha value is -0.770. The van der Waals surface area contributed by atoms with Crippen molar-refractivity contribution in [1.29, 1.82) is 0 Å². The Labute approximate surface area is 86.0 Å². The zero-order valence-corrected chi connectivity index (χ0v) is 9.50. The summed E-state index contributed by atoms with van der Waals surface area (Å²) >= 11 is 0. The van der Waals surface area contributed by atoms with E-state index in [0.29, 0.717) is 31.7 Å². The van der Waals surface area contributed by atoms with Crippen molar-refractivity contribution in [2.75, 3.05) is 19.8 Å². The lowest BCUT2D eigenvalue weighted by Crippen LogP contribution is -2.27. The van der Waals surface area contributed by atoms with Crippen LogP contribution in [0.1, 0.15) is 27.7 Å². The molecular weight excluding hydrogens is 182 g/mol. The van der Waals surface area contributed by atoms with Crippen molar-refractivity contribution in [1.82, 2.24) is 5.32 Å². The van der Waals surface area contributed by atoms with Crippen LogP contribution in [-0.4, -0.2) is 32.0 Å². The first-order valence-electron chi connectivity index (χ1n) is 5.05. The molecule has 4 heteroatoms. The van der Waals surface area contributed by atoms with Gasteiger partial charge >= 0.3 is 6.16 Å². The van der Waals surface area contributed by atoms with Crippen molar-refractivity contribution >= 4 is 6.16 Å². The van der Waals surface area contributed by atoms with Crippen LogP contribution in [0.25, 0.3) is 0 Å². The topological polar surface area (TPSA) is 47.6 Å². The second-order valence-corrected chi connectivity index (χ2v) is 3.91. The van der Waals surface area contributed by atoms with E-state index in [1.54, 1.807) is 0 Å². The number of carbonyl (C=O) groups is 1. The molecule has 0 aromatic rings. The van der Waals surface area contributed by atoms with Gasteiger partial charge in [0, 0.05) is 12.6 Å². The Morgan fingerprint density at radius 1 is 1.21 bits per heavy atom. The van der Waals surface area contributed by atoms with Crippen LogP contribution in [0.4, 0.5) is 4.79 Å². The molecule has 0 aliphatic rings. The van der Waals surface area contributed by atoms with Gasteiger partial charge in [-0.2, -0.15) is 0 Å². The van der Waals surface area contributed by atoms with E-state index in [-0.39, 0.29) is 0 Å². The quantitative estimate of drug-likeness (QED) is 0.528. The molecule has 0 rings (SSSR count). The fourth-order valence-corrected chi connectivity index (χ4v) is 0.758. The fourth-order valence-electron chi connectivity index (χ4n) is 0.758. The summed E-state index contributed by atoms with van der Waals surface area (Å²) in [5.41, 5.74) is 0. The van der Waals surface area contributed by atoms with Gasteiger partial charge in [-0.25, -0.2) is 4.79 Å². The zero-order chi connectivity index (χ0) is 11.0. The molecule has 0 fully saturated rings. The second-order valence-electron chi connectivity index (χ2n) is 3.91. The van der Waals surface area contributed by atoms with E-state index in [1.165, 1.54) is 0 Å². The van der Waals surface area contributed by atoms with Crippen molar-refractivity contribution in [2.45, 2.75) is 33.7 Å². The SMILES string of the molecule is CC(C)COC(=O)OCCNC(C)C. The van der Waals surface area contributed by atoms with Gasteiger partial charge in [0.25, 0.3) is 0 Å². The van der Waals surface area contributed by atoms with Crippen LogP contribution in [0.5, 0.6) is 0 Å². The summed E-state index contributed by atoms with van der Waals surface area (Å²) in [4.78, 5) is 10.9. The minimum absolute atomic E-state index is 0.344. The van der Waals surface area contributed by atoms with Gasteiger partial charge in [0.1, 0.15) is 6.61 Å². The lowest BCUT2D eigenvalue weighted by Gasteiger charge is -2.09. The van der Waals surface area contributed by atoms with Crippen LogP contribution in [0.3, 0.4) is 0 Å². The van der Waals surface area contributed by atoms with E-state index in [9.17, 15) is 4.79 Å². The third-order valence-electron chi connectivity index (χ3n) is 1.41. The van der Waals surface area contributed by atoms with E-state index >= 15 is 0 Å². The zero-order valence-electron chi connectivity index (χ0n) is 9.50. The number of carbonyl (C=O) groups excluding carboxylic acids is 1. The molecule has 0 aliphatic heterocycles. The molecule has 0 atom stereocenters. The van der Waals surface area contributed by atoms with E-state index in [1.807, 2.05) is 27.7 Å². The molecule has 0 unspecified atom stereocenters. The lowest BCUT2D eigenvalue weighted by atomic mass is 10.2. The molecule has 0 saturated carbocycles. The molecule has 0 aromatic carbocycles. The molecule has 0 saturated heterocycles. The van der Waals surface area contributed by atoms with Gasteiger partial charge in [-0.05, 0) is 5.92 Å². The maximum atomic E-state index is 10.9. The summed E-state index contributed by atoms with van der Waals surface area (Å²) < 4.78 is 9.64. The number of ether oxygens (including phenoxy) is 2. The minimum Gasteiger partial charge on any atom is -0.434 e. The van der Waals surface area contributed by atoms with E-state index in [0.717, 1.165) is 0 Å². The van der Waals surface area contributed by atoms with E-state index < -0.39 is 6.16 Å². The highest BCUT2D eigenvalue weighted by atomic mass is 16.7. The molecule has 0 bridgehead atoms. The molecule has 4 nitrogen and oxygen atoms in total. The summed E-state index contributed by atoms with van der Waals surface area (Å²) in [5, 5.41) is 3.13. The highest BCUT2D eigenvalue weighted by molar-refractivity contribution is 5.59. The molecule has 14 heavy (non-hydrogen) atoms. The predicted octanol–water partition coefficient (Wildman–Crippen LogP) is 1.79. The lowest BCUT2D eigenvalue weighted by molar-refractivity contribution is 0.0479. The normalized spacial score (nSPS) is 10.7. The first kappa shape index (κ1) is 13.2. The van der Waals surface area contributed by atoms with Gasteiger partial charge in [-0.1, -0.05) is 27.7 Å². The molecule has 0 heterocycles. The number of hydrogen-bond acceptors (Lipinski definition) is 4. The molecule has 0 spiro atoms. The van der Waals surface area contributed by atoms with Gasteiger partial charge in [0.2, 0.25) is 0 Å². The van der Waals surface area contributed by atoms with Gasteiger partial charge in [-0.15, -0.1) is 0 Å². The molecule has 0 aliphatic carbocycles. The molecule has 84 valence electrons. The highest BCUT2D eigenvalue weighted by Gasteiger charge is 2.04. The van der Waals surface area contributed by atoms with Crippen LogP contribution in [0.2, 0.25) is 0 Å². The van der Waals surface area contributed by atoms with Crippen molar-refractivity contribution in [3.63, 3.8) is 0 Å². The summed E-state index contributed by atoms with van der Waals surface area (Å²) in [5.74, 6) is 0.344. The van der Waals surface area contributed by atoms with Crippen LogP contribution in [0, 0.1) is 5.92 Å². The Balaban J connectivity index is 3.27. The van der Waals surface area contributed by atoms with Crippen LogP contribution < -0.4 is 5.32 Å². The average molecular weight is 203 g/mol. The fraction of sp³-hybridized carbons (Fsp3) is 0.900. The monoisotopic (exact) mass is 203 g/mol. The summed E-state index contributed by atoms with van der Waals surface area (Å²) in [7, 11) is 0. The van der Waals surface area contributed by atoms with Crippen LogP contribution in [-0.2, 0) is 9.47 Å². The Morgan fingerprint density at radius 3 is 2.36 bits per heavy atom. The van der Waals surface area contributed by atoms with Crippen molar-refractivity contribution < 1.29 is 14.3 Å². The Kier molecular flexibility index (Phi) is 7.20.